The highest BCUT2D eigenvalue weighted by Gasteiger charge is 2.16. The normalized spacial score (nSPS) is 10.4. The number of nitrogen functional groups attached to an aromatic ring is 1. The molecule has 8 heteroatoms. The number of nitrogens with two attached hydrogens (primary N) is 1. The van der Waals surface area contributed by atoms with E-state index in [1.54, 1.807) is 12.1 Å². The number of nitrogens with zero attached hydrogens (tertiary/aromatic N) is 2. The standard InChI is InChI=1S/C20H18N4O4/c1-12-3-6-16(9-13(12)2)28-19-8-5-15(11-22-19)23-20(25)14-4-7-17(21)18(10-14)24(26)27/h3-11H,21H2,1-2H3,(H,23,25). The number of hydrogen-bond acceptors (Lipinski definition) is 6. The number of nitro benzene ring substituents is 1. The van der Waals surface area contributed by atoms with Crippen LogP contribution in [0.3, 0.4) is 0 Å². The van der Waals surface area contributed by atoms with Gasteiger partial charge in [-0.05, 0) is 55.3 Å². The van der Waals surface area contributed by atoms with Gasteiger partial charge in [0.15, 0.2) is 0 Å². The monoisotopic (exact) mass is 378 g/mol. The van der Waals surface area contributed by atoms with Gasteiger partial charge in [0.25, 0.3) is 11.6 Å². The second kappa shape index (κ2) is 7.75. The third-order valence-electron chi connectivity index (χ3n) is 4.18. The molecule has 3 rings (SSSR count). The molecule has 0 saturated carbocycles. The lowest BCUT2D eigenvalue weighted by molar-refractivity contribution is -0.383. The Balaban J connectivity index is 1.70. The van der Waals surface area contributed by atoms with Gasteiger partial charge in [0.2, 0.25) is 5.88 Å². The van der Waals surface area contributed by atoms with E-state index in [1.807, 2.05) is 32.0 Å². The van der Waals surface area contributed by atoms with E-state index in [1.165, 1.54) is 23.9 Å². The van der Waals surface area contributed by atoms with Crippen LogP contribution < -0.4 is 15.8 Å². The van der Waals surface area contributed by atoms with E-state index in [0.29, 0.717) is 17.3 Å². The Morgan fingerprint density at radius 1 is 1.11 bits per heavy atom. The van der Waals surface area contributed by atoms with Crippen molar-refractivity contribution in [2.75, 3.05) is 11.1 Å². The third kappa shape index (κ3) is 4.24. The van der Waals surface area contributed by atoms with Crippen molar-refractivity contribution < 1.29 is 14.5 Å². The highest BCUT2D eigenvalue weighted by atomic mass is 16.6. The maximum absolute atomic E-state index is 12.3. The Labute approximate surface area is 161 Å². The van der Waals surface area contributed by atoms with Crippen molar-refractivity contribution in [2.45, 2.75) is 13.8 Å². The van der Waals surface area contributed by atoms with Gasteiger partial charge in [-0.25, -0.2) is 4.98 Å². The van der Waals surface area contributed by atoms with Crippen LogP contribution in [0.2, 0.25) is 0 Å². The molecule has 2 aromatic carbocycles. The number of ether oxygens (including phenoxy) is 1. The average molecular weight is 378 g/mol. The SMILES string of the molecule is Cc1ccc(Oc2ccc(NC(=O)c3ccc(N)c([N+](=O)[O-])c3)cn2)cc1C. The van der Waals surface area contributed by atoms with Crippen LogP contribution in [0.4, 0.5) is 17.1 Å². The topological polar surface area (TPSA) is 120 Å². The zero-order valence-electron chi connectivity index (χ0n) is 15.3. The molecule has 28 heavy (non-hydrogen) atoms. The molecule has 0 saturated heterocycles. The molecule has 0 fully saturated rings. The van der Waals surface area contributed by atoms with E-state index in [-0.39, 0.29) is 16.9 Å². The molecule has 3 N–H and O–H groups in total. The number of benzene rings is 2. The number of amides is 1. The molecule has 1 aromatic heterocycles. The van der Waals surface area contributed by atoms with E-state index < -0.39 is 10.8 Å². The molecule has 0 atom stereocenters. The van der Waals surface area contributed by atoms with Crippen molar-refractivity contribution >= 4 is 23.0 Å². The maximum Gasteiger partial charge on any atom is 0.292 e. The summed E-state index contributed by atoms with van der Waals surface area (Å²) in [6.07, 6.45) is 1.44. The molecule has 0 aliphatic heterocycles. The summed E-state index contributed by atoms with van der Waals surface area (Å²) in [5.74, 6) is 0.540. The number of carbonyl (C=O) groups excluding carboxylic acids is 1. The smallest absolute Gasteiger partial charge is 0.292 e. The van der Waals surface area contributed by atoms with Crippen molar-refractivity contribution in [3.8, 4) is 11.6 Å². The Kier molecular flexibility index (Phi) is 5.21. The van der Waals surface area contributed by atoms with Crippen LogP contribution in [0.25, 0.3) is 0 Å². The van der Waals surface area contributed by atoms with Crippen molar-refractivity contribution in [3.05, 3.63) is 81.5 Å². The van der Waals surface area contributed by atoms with Gasteiger partial charge < -0.3 is 15.8 Å². The molecule has 8 nitrogen and oxygen atoms in total. The Hall–Kier alpha value is -3.94. The summed E-state index contributed by atoms with van der Waals surface area (Å²) >= 11 is 0. The van der Waals surface area contributed by atoms with Gasteiger partial charge in [-0.15, -0.1) is 0 Å². The lowest BCUT2D eigenvalue weighted by Crippen LogP contribution is -2.12. The quantitative estimate of drug-likeness (QED) is 0.389. The summed E-state index contributed by atoms with van der Waals surface area (Å²) in [4.78, 5) is 26.8. The lowest BCUT2D eigenvalue weighted by Gasteiger charge is -2.09. The van der Waals surface area contributed by atoms with E-state index in [9.17, 15) is 14.9 Å². The molecular formula is C20H18N4O4. The van der Waals surface area contributed by atoms with Crippen molar-refractivity contribution in [1.82, 2.24) is 4.98 Å². The molecule has 0 unspecified atom stereocenters. The first-order valence-electron chi connectivity index (χ1n) is 8.40. The first-order chi connectivity index (χ1) is 13.3. The molecule has 0 aliphatic carbocycles. The number of aryl methyl sites for hydroxylation is 2. The predicted octanol–water partition coefficient (Wildman–Crippen LogP) is 4.23. The number of hydrogen-bond donors (Lipinski definition) is 2. The van der Waals surface area contributed by atoms with Crippen LogP contribution in [0.15, 0.2) is 54.7 Å². The van der Waals surface area contributed by atoms with Gasteiger partial charge in [-0.2, -0.15) is 0 Å². The number of pyridine rings is 1. The molecule has 0 bridgehead atoms. The highest BCUT2D eigenvalue weighted by Crippen LogP contribution is 2.24. The molecule has 0 aliphatic rings. The van der Waals surface area contributed by atoms with Crippen molar-refractivity contribution in [2.24, 2.45) is 0 Å². The number of aromatic nitrogens is 1. The maximum atomic E-state index is 12.3. The van der Waals surface area contributed by atoms with Crippen LogP contribution in [0.1, 0.15) is 21.5 Å². The Morgan fingerprint density at radius 2 is 1.89 bits per heavy atom. The van der Waals surface area contributed by atoms with E-state index in [0.717, 1.165) is 11.6 Å². The summed E-state index contributed by atoms with van der Waals surface area (Å²) in [5, 5.41) is 13.6. The molecule has 3 aromatic rings. The van der Waals surface area contributed by atoms with E-state index in [2.05, 4.69) is 10.3 Å². The molecular weight excluding hydrogens is 360 g/mol. The van der Waals surface area contributed by atoms with E-state index >= 15 is 0 Å². The summed E-state index contributed by atoms with van der Waals surface area (Å²) in [6.45, 7) is 4.01. The molecule has 142 valence electrons. The summed E-state index contributed by atoms with van der Waals surface area (Å²) < 4.78 is 5.70. The summed E-state index contributed by atoms with van der Waals surface area (Å²) in [6, 6.07) is 12.9. The lowest BCUT2D eigenvalue weighted by atomic mass is 10.1. The van der Waals surface area contributed by atoms with Gasteiger partial charge in [0.05, 0.1) is 16.8 Å². The van der Waals surface area contributed by atoms with Crippen LogP contribution >= 0.6 is 0 Å². The number of carbonyl (C=O) groups is 1. The number of nitro groups is 1. The fourth-order valence-corrected chi connectivity index (χ4v) is 2.46. The van der Waals surface area contributed by atoms with Crippen LogP contribution in [-0.2, 0) is 0 Å². The first-order valence-corrected chi connectivity index (χ1v) is 8.40. The second-order valence-electron chi connectivity index (χ2n) is 6.22. The van der Waals surface area contributed by atoms with Gasteiger partial charge in [-0.1, -0.05) is 6.07 Å². The second-order valence-corrected chi connectivity index (χ2v) is 6.22. The van der Waals surface area contributed by atoms with Crippen LogP contribution in [-0.4, -0.2) is 15.8 Å². The van der Waals surface area contributed by atoms with Crippen LogP contribution in [0.5, 0.6) is 11.6 Å². The van der Waals surface area contributed by atoms with E-state index in [4.69, 9.17) is 10.5 Å². The molecule has 1 amide bonds. The molecule has 0 radical (unpaired) electrons. The minimum Gasteiger partial charge on any atom is -0.439 e. The molecule has 0 spiro atoms. The largest absolute Gasteiger partial charge is 0.439 e. The van der Waals surface area contributed by atoms with Gasteiger partial charge in [0, 0.05) is 17.7 Å². The predicted molar refractivity (Wildman–Crippen MR) is 106 cm³/mol. The van der Waals surface area contributed by atoms with Crippen molar-refractivity contribution in [1.29, 1.82) is 0 Å². The van der Waals surface area contributed by atoms with Gasteiger partial charge >= 0.3 is 0 Å². The first kappa shape index (κ1) is 18.8. The van der Waals surface area contributed by atoms with Crippen molar-refractivity contribution in [3.63, 3.8) is 0 Å². The highest BCUT2D eigenvalue weighted by molar-refractivity contribution is 6.05. The fraction of sp³-hybridized carbons (Fsp3) is 0.100. The van der Waals surface area contributed by atoms with Gasteiger partial charge in [0.1, 0.15) is 11.4 Å². The van der Waals surface area contributed by atoms with Crippen LogP contribution in [0, 0.1) is 24.0 Å². The zero-order valence-corrected chi connectivity index (χ0v) is 15.3. The zero-order chi connectivity index (χ0) is 20.3. The minimum absolute atomic E-state index is 0.00365. The minimum atomic E-state index is -0.632. The number of nitrogens with one attached hydrogen (secondary N) is 1. The number of rotatable bonds is 5. The Morgan fingerprint density at radius 3 is 2.54 bits per heavy atom. The summed E-state index contributed by atoms with van der Waals surface area (Å²) in [5.41, 5.74) is 8.05. The number of anilines is 2. The van der Waals surface area contributed by atoms with Gasteiger partial charge in [-0.3, -0.25) is 14.9 Å². The third-order valence-corrected chi connectivity index (χ3v) is 4.18. The fourth-order valence-electron chi connectivity index (χ4n) is 2.46. The summed E-state index contributed by atoms with van der Waals surface area (Å²) in [7, 11) is 0. The Bertz CT molecular complexity index is 1050. The molecule has 1 heterocycles. The average Bonchev–Trinajstić information content (AvgIpc) is 2.66.